The van der Waals surface area contributed by atoms with Gasteiger partial charge in [-0.05, 0) is 29.7 Å². The number of rotatable bonds is 3. The first-order valence-electron chi connectivity index (χ1n) is 6.93. The van der Waals surface area contributed by atoms with Crippen LogP contribution in [0.1, 0.15) is 25.3 Å². The third kappa shape index (κ3) is 2.79. The van der Waals surface area contributed by atoms with Crippen molar-refractivity contribution in [3.63, 3.8) is 0 Å². The second kappa shape index (κ2) is 5.40. The van der Waals surface area contributed by atoms with Crippen molar-refractivity contribution in [2.24, 2.45) is 0 Å². The molecule has 0 aliphatic carbocycles. The summed E-state index contributed by atoms with van der Waals surface area (Å²) in [6.45, 7) is 4.34. The third-order valence-corrected chi connectivity index (χ3v) is 3.40. The van der Waals surface area contributed by atoms with Crippen molar-refractivity contribution in [2.45, 2.75) is 19.8 Å². The zero-order chi connectivity index (χ0) is 14.8. The first kappa shape index (κ1) is 13.4. The highest BCUT2D eigenvalue weighted by atomic mass is 16.5. The Morgan fingerprint density at radius 3 is 2.43 bits per heavy atom. The second-order valence-electron chi connectivity index (χ2n) is 5.33. The van der Waals surface area contributed by atoms with Crippen molar-refractivity contribution in [2.75, 3.05) is 5.73 Å². The number of hydrogen-bond donors (Lipinski definition) is 1. The molecule has 1 aromatic heterocycles. The lowest BCUT2D eigenvalue weighted by atomic mass is 10.0. The lowest BCUT2D eigenvalue weighted by Gasteiger charge is -2.04. The summed E-state index contributed by atoms with van der Waals surface area (Å²) in [5.41, 5.74) is 9.50. The monoisotopic (exact) mass is 279 g/mol. The predicted molar refractivity (Wildman–Crippen MR) is 83.7 cm³/mol. The largest absolute Gasteiger partial charge is 0.399 e. The maximum atomic E-state index is 5.77. The van der Waals surface area contributed by atoms with Gasteiger partial charge < -0.3 is 10.3 Å². The molecule has 0 radical (unpaired) electrons. The van der Waals surface area contributed by atoms with Crippen molar-refractivity contribution >= 4 is 5.69 Å². The van der Waals surface area contributed by atoms with Crippen molar-refractivity contribution in [3.8, 4) is 22.8 Å². The van der Waals surface area contributed by atoms with E-state index < -0.39 is 0 Å². The molecule has 0 atom stereocenters. The van der Waals surface area contributed by atoms with Gasteiger partial charge in [-0.25, -0.2) is 0 Å². The van der Waals surface area contributed by atoms with Crippen molar-refractivity contribution in [3.05, 3.63) is 54.1 Å². The van der Waals surface area contributed by atoms with Gasteiger partial charge in [0.25, 0.3) is 5.89 Å². The molecular formula is C17H17N3O. The van der Waals surface area contributed by atoms with Crippen LogP contribution < -0.4 is 5.73 Å². The standard InChI is InChI=1S/C17H17N3O/c1-11(2)12-6-8-13(9-7-12)16-19-17(21-20-16)14-4-3-5-15(18)10-14/h3-11H,18H2,1-2H3. The summed E-state index contributed by atoms with van der Waals surface area (Å²) in [6.07, 6.45) is 0. The van der Waals surface area contributed by atoms with Crippen LogP contribution in [-0.2, 0) is 0 Å². The molecule has 0 amide bonds. The Morgan fingerprint density at radius 2 is 1.76 bits per heavy atom. The zero-order valence-electron chi connectivity index (χ0n) is 12.1. The summed E-state index contributed by atoms with van der Waals surface area (Å²) in [5.74, 6) is 1.57. The van der Waals surface area contributed by atoms with E-state index in [0.717, 1.165) is 11.1 Å². The Labute approximate surface area is 123 Å². The van der Waals surface area contributed by atoms with E-state index in [2.05, 4.69) is 36.1 Å². The summed E-state index contributed by atoms with van der Waals surface area (Å²) < 4.78 is 5.32. The van der Waals surface area contributed by atoms with Gasteiger partial charge in [-0.3, -0.25) is 0 Å². The minimum Gasteiger partial charge on any atom is -0.399 e. The molecule has 0 bridgehead atoms. The molecule has 0 spiro atoms. The van der Waals surface area contributed by atoms with Gasteiger partial charge in [-0.15, -0.1) is 0 Å². The number of anilines is 1. The molecule has 2 N–H and O–H groups in total. The number of hydrogen-bond acceptors (Lipinski definition) is 4. The highest BCUT2D eigenvalue weighted by Gasteiger charge is 2.11. The van der Waals surface area contributed by atoms with Crippen LogP contribution in [0.3, 0.4) is 0 Å². The van der Waals surface area contributed by atoms with Crippen LogP contribution in [0.5, 0.6) is 0 Å². The van der Waals surface area contributed by atoms with Gasteiger partial charge in [0.05, 0.1) is 0 Å². The minimum atomic E-state index is 0.477. The van der Waals surface area contributed by atoms with Crippen LogP contribution in [-0.4, -0.2) is 10.1 Å². The predicted octanol–water partition coefficient (Wildman–Crippen LogP) is 4.11. The molecule has 1 heterocycles. The minimum absolute atomic E-state index is 0.477. The highest BCUT2D eigenvalue weighted by Crippen LogP contribution is 2.24. The van der Waals surface area contributed by atoms with E-state index >= 15 is 0 Å². The SMILES string of the molecule is CC(C)c1ccc(-c2noc(-c3cccc(N)c3)n2)cc1. The molecule has 3 rings (SSSR count). The highest BCUT2D eigenvalue weighted by molar-refractivity contribution is 5.63. The fraction of sp³-hybridized carbons (Fsp3) is 0.176. The number of nitrogens with zero attached hydrogens (tertiary/aromatic N) is 2. The van der Waals surface area contributed by atoms with E-state index in [1.165, 1.54) is 5.56 Å². The number of nitrogens with two attached hydrogens (primary N) is 1. The molecule has 4 nitrogen and oxygen atoms in total. The lowest BCUT2D eigenvalue weighted by molar-refractivity contribution is 0.432. The average Bonchev–Trinajstić information content (AvgIpc) is 2.97. The van der Waals surface area contributed by atoms with Crippen molar-refractivity contribution in [1.82, 2.24) is 10.1 Å². The van der Waals surface area contributed by atoms with Gasteiger partial charge in [-0.2, -0.15) is 4.98 Å². The fourth-order valence-electron chi connectivity index (χ4n) is 2.15. The van der Waals surface area contributed by atoms with Gasteiger partial charge in [0, 0.05) is 16.8 Å². The van der Waals surface area contributed by atoms with Crippen LogP contribution in [0.4, 0.5) is 5.69 Å². The Bertz CT molecular complexity index is 745. The van der Waals surface area contributed by atoms with Crippen LogP contribution in [0.25, 0.3) is 22.8 Å². The smallest absolute Gasteiger partial charge is 0.258 e. The molecule has 0 aliphatic heterocycles. The summed E-state index contributed by atoms with van der Waals surface area (Å²) in [6, 6.07) is 15.6. The van der Waals surface area contributed by atoms with Gasteiger partial charge in [0.1, 0.15) is 0 Å². The lowest BCUT2D eigenvalue weighted by Crippen LogP contribution is -1.88. The van der Waals surface area contributed by atoms with Crippen molar-refractivity contribution in [1.29, 1.82) is 0 Å². The molecule has 4 heteroatoms. The van der Waals surface area contributed by atoms with E-state index in [9.17, 15) is 0 Å². The molecule has 21 heavy (non-hydrogen) atoms. The molecule has 0 saturated carbocycles. The average molecular weight is 279 g/mol. The van der Waals surface area contributed by atoms with E-state index in [-0.39, 0.29) is 0 Å². The topological polar surface area (TPSA) is 64.9 Å². The van der Waals surface area contributed by atoms with Gasteiger partial charge in [0.2, 0.25) is 5.82 Å². The Balaban J connectivity index is 1.91. The molecule has 0 saturated heterocycles. The summed E-state index contributed by atoms with van der Waals surface area (Å²) >= 11 is 0. The molecule has 106 valence electrons. The van der Waals surface area contributed by atoms with Crippen LogP contribution >= 0.6 is 0 Å². The van der Waals surface area contributed by atoms with Gasteiger partial charge in [-0.1, -0.05) is 49.3 Å². The molecule has 0 fully saturated rings. The van der Waals surface area contributed by atoms with E-state index in [0.29, 0.717) is 23.3 Å². The number of benzene rings is 2. The van der Waals surface area contributed by atoms with E-state index in [1.807, 2.05) is 36.4 Å². The van der Waals surface area contributed by atoms with E-state index in [4.69, 9.17) is 10.3 Å². The number of aromatic nitrogens is 2. The van der Waals surface area contributed by atoms with E-state index in [1.54, 1.807) is 0 Å². The summed E-state index contributed by atoms with van der Waals surface area (Å²) in [5, 5.41) is 4.04. The molecule has 0 aliphatic rings. The normalized spacial score (nSPS) is 11.0. The quantitative estimate of drug-likeness (QED) is 0.733. The maximum Gasteiger partial charge on any atom is 0.258 e. The Hall–Kier alpha value is -2.62. The first-order chi connectivity index (χ1) is 10.1. The Kier molecular flexibility index (Phi) is 3.44. The van der Waals surface area contributed by atoms with Crippen molar-refractivity contribution < 1.29 is 4.52 Å². The maximum absolute atomic E-state index is 5.77. The first-order valence-corrected chi connectivity index (χ1v) is 6.93. The van der Waals surface area contributed by atoms with Gasteiger partial charge >= 0.3 is 0 Å². The molecule has 0 unspecified atom stereocenters. The fourth-order valence-corrected chi connectivity index (χ4v) is 2.15. The van der Waals surface area contributed by atoms with Crippen LogP contribution in [0.15, 0.2) is 53.1 Å². The number of nitrogen functional groups attached to an aromatic ring is 1. The molecule has 3 aromatic rings. The van der Waals surface area contributed by atoms with Crippen LogP contribution in [0, 0.1) is 0 Å². The summed E-state index contributed by atoms with van der Waals surface area (Å²) in [7, 11) is 0. The van der Waals surface area contributed by atoms with Crippen LogP contribution in [0.2, 0.25) is 0 Å². The third-order valence-electron chi connectivity index (χ3n) is 3.40. The second-order valence-corrected chi connectivity index (χ2v) is 5.33. The zero-order valence-corrected chi connectivity index (χ0v) is 12.1. The van der Waals surface area contributed by atoms with Gasteiger partial charge in [0.15, 0.2) is 0 Å². The summed E-state index contributed by atoms with van der Waals surface area (Å²) in [4.78, 5) is 4.43. The molecular weight excluding hydrogens is 262 g/mol. The molecule has 2 aromatic carbocycles. The Morgan fingerprint density at radius 1 is 1.00 bits per heavy atom.